The van der Waals surface area contributed by atoms with Crippen LogP contribution in [0, 0.1) is 5.41 Å². The highest BCUT2D eigenvalue weighted by atomic mass is 16.2. The fourth-order valence-corrected chi connectivity index (χ4v) is 3.45. The van der Waals surface area contributed by atoms with Gasteiger partial charge < -0.3 is 14.8 Å². The summed E-state index contributed by atoms with van der Waals surface area (Å²) in [5.74, 6) is -0.0207. The lowest BCUT2D eigenvalue weighted by Gasteiger charge is -2.30. The third kappa shape index (κ3) is 4.76. The minimum absolute atomic E-state index is 0.0440. The summed E-state index contributed by atoms with van der Waals surface area (Å²) in [6.45, 7) is 7.56. The molecule has 0 bridgehead atoms. The third-order valence-corrected chi connectivity index (χ3v) is 4.84. The van der Waals surface area contributed by atoms with E-state index >= 15 is 0 Å². The van der Waals surface area contributed by atoms with E-state index in [-0.39, 0.29) is 17.9 Å². The number of hydrogen-bond acceptors (Lipinski definition) is 3. The molecular weight excluding hydrogens is 340 g/mol. The molecule has 2 heterocycles. The smallest absolute Gasteiger partial charge is 0.243 e. The number of nitrogens with one attached hydrogen (secondary N) is 1. The zero-order valence-corrected chi connectivity index (χ0v) is 16.3. The van der Waals surface area contributed by atoms with Crippen LogP contribution in [0.3, 0.4) is 0 Å². The molecule has 6 nitrogen and oxygen atoms in total. The van der Waals surface area contributed by atoms with E-state index in [2.05, 4.69) is 22.4 Å². The molecule has 1 N–H and O–H groups in total. The van der Waals surface area contributed by atoms with Crippen molar-refractivity contribution in [2.75, 3.05) is 6.54 Å². The first-order valence-corrected chi connectivity index (χ1v) is 9.47. The fourth-order valence-electron chi connectivity index (χ4n) is 3.45. The second-order valence-corrected chi connectivity index (χ2v) is 8.18. The molecule has 1 aromatic carbocycles. The number of hydrogen-bond donors (Lipinski definition) is 1. The summed E-state index contributed by atoms with van der Waals surface area (Å²) >= 11 is 0. The Labute approximate surface area is 160 Å². The van der Waals surface area contributed by atoms with Crippen LogP contribution in [0.1, 0.15) is 44.7 Å². The van der Waals surface area contributed by atoms with Crippen LogP contribution in [-0.2, 0) is 22.7 Å². The number of imidazole rings is 1. The SMILES string of the molecule is CC(C)(C)C(=O)N1CCCC1C(=O)NCc1cccc(Cn2ccnc2)c1. The number of nitrogens with zero attached hydrogens (tertiary/aromatic N) is 3. The highest BCUT2D eigenvalue weighted by Gasteiger charge is 2.38. The van der Waals surface area contributed by atoms with E-state index in [0.717, 1.165) is 30.5 Å². The zero-order valence-electron chi connectivity index (χ0n) is 16.3. The van der Waals surface area contributed by atoms with Crippen LogP contribution in [-0.4, -0.2) is 38.9 Å². The van der Waals surface area contributed by atoms with Crippen molar-refractivity contribution in [3.8, 4) is 0 Å². The monoisotopic (exact) mass is 368 g/mol. The molecule has 1 aliphatic rings. The van der Waals surface area contributed by atoms with Crippen LogP contribution in [0.25, 0.3) is 0 Å². The second-order valence-electron chi connectivity index (χ2n) is 8.18. The number of amides is 2. The predicted molar refractivity (Wildman–Crippen MR) is 104 cm³/mol. The number of carbonyl (C=O) groups is 2. The van der Waals surface area contributed by atoms with Gasteiger partial charge in [-0.05, 0) is 24.0 Å². The van der Waals surface area contributed by atoms with Crippen molar-refractivity contribution in [3.05, 3.63) is 54.1 Å². The first-order chi connectivity index (χ1) is 12.8. The van der Waals surface area contributed by atoms with Crippen LogP contribution in [0.5, 0.6) is 0 Å². The van der Waals surface area contributed by atoms with Gasteiger partial charge in [0.15, 0.2) is 0 Å². The average Bonchev–Trinajstić information content (AvgIpc) is 3.30. The summed E-state index contributed by atoms with van der Waals surface area (Å²) in [6.07, 6.45) is 7.08. The van der Waals surface area contributed by atoms with Crippen molar-refractivity contribution in [2.45, 2.75) is 52.7 Å². The number of carbonyl (C=O) groups excluding carboxylic acids is 2. The quantitative estimate of drug-likeness (QED) is 0.882. The van der Waals surface area contributed by atoms with Gasteiger partial charge in [0, 0.05) is 37.4 Å². The summed E-state index contributed by atoms with van der Waals surface area (Å²) < 4.78 is 2.01. The Morgan fingerprint density at radius 1 is 1.26 bits per heavy atom. The van der Waals surface area contributed by atoms with Gasteiger partial charge >= 0.3 is 0 Å². The summed E-state index contributed by atoms with van der Waals surface area (Å²) in [4.78, 5) is 31.1. The lowest BCUT2D eigenvalue weighted by Crippen LogP contribution is -2.49. The molecule has 0 saturated carbocycles. The molecule has 1 aliphatic heterocycles. The van der Waals surface area contributed by atoms with E-state index in [1.54, 1.807) is 17.4 Å². The maximum atomic E-state index is 12.7. The van der Waals surface area contributed by atoms with E-state index in [4.69, 9.17) is 0 Å². The molecule has 1 unspecified atom stereocenters. The molecule has 1 fully saturated rings. The van der Waals surface area contributed by atoms with Crippen molar-refractivity contribution in [1.29, 1.82) is 0 Å². The minimum Gasteiger partial charge on any atom is -0.350 e. The summed E-state index contributed by atoms with van der Waals surface area (Å²) in [6, 6.07) is 7.80. The number of aromatic nitrogens is 2. The van der Waals surface area contributed by atoms with Gasteiger partial charge in [0.2, 0.25) is 11.8 Å². The average molecular weight is 368 g/mol. The topological polar surface area (TPSA) is 67.2 Å². The van der Waals surface area contributed by atoms with E-state index in [0.29, 0.717) is 13.1 Å². The summed E-state index contributed by atoms with van der Waals surface area (Å²) in [5.41, 5.74) is 1.74. The molecule has 0 aliphatic carbocycles. The number of benzene rings is 1. The second kappa shape index (κ2) is 7.94. The first kappa shape index (κ1) is 19.1. The van der Waals surface area contributed by atoms with E-state index < -0.39 is 5.41 Å². The molecule has 1 aromatic heterocycles. The first-order valence-electron chi connectivity index (χ1n) is 9.47. The third-order valence-electron chi connectivity index (χ3n) is 4.84. The van der Waals surface area contributed by atoms with Crippen LogP contribution >= 0.6 is 0 Å². The molecule has 2 aromatic rings. The Morgan fingerprint density at radius 3 is 2.74 bits per heavy atom. The van der Waals surface area contributed by atoms with Crippen LogP contribution in [0.4, 0.5) is 0 Å². The largest absolute Gasteiger partial charge is 0.350 e. The molecule has 1 saturated heterocycles. The highest BCUT2D eigenvalue weighted by Crippen LogP contribution is 2.25. The van der Waals surface area contributed by atoms with Gasteiger partial charge in [-0.1, -0.05) is 45.0 Å². The van der Waals surface area contributed by atoms with Crippen molar-refractivity contribution in [3.63, 3.8) is 0 Å². The highest BCUT2D eigenvalue weighted by molar-refractivity contribution is 5.90. The van der Waals surface area contributed by atoms with E-state index in [9.17, 15) is 9.59 Å². The van der Waals surface area contributed by atoms with Gasteiger partial charge in [0.1, 0.15) is 6.04 Å². The van der Waals surface area contributed by atoms with E-state index in [1.807, 2.05) is 43.7 Å². The molecule has 6 heteroatoms. The summed E-state index contributed by atoms with van der Waals surface area (Å²) in [7, 11) is 0. The normalized spacial score (nSPS) is 17.1. The lowest BCUT2D eigenvalue weighted by atomic mass is 9.94. The fraction of sp³-hybridized carbons (Fsp3) is 0.476. The Bertz CT molecular complexity index is 793. The van der Waals surface area contributed by atoms with Crippen molar-refractivity contribution >= 4 is 11.8 Å². The van der Waals surface area contributed by atoms with Gasteiger partial charge in [-0.3, -0.25) is 9.59 Å². The Balaban J connectivity index is 1.59. The van der Waals surface area contributed by atoms with Gasteiger partial charge in [-0.2, -0.15) is 0 Å². The Kier molecular flexibility index (Phi) is 5.63. The molecule has 0 spiro atoms. The predicted octanol–water partition coefficient (Wildman–Crippen LogP) is 2.58. The summed E-state index contributed by atoms with van der Waals surface area (Å²) in [5, 5.41) is 3.01. The maximum Gasteiger partial charge on any atom is 0.243 e. The van der Waals surface area contributed by atoms with Gasteiger partial charge in [-0.15, -0.1) is 0 Å². The van der Waals surface area contributed by atoms with Gasteiger partial charge in [0.25, 0.3) is 0 Å². The molecule has 27 heavy (non-hydrogen) atoms. The van der Waals surface area contributed by atoms with Crippen LogP contribution in [0.2, 0.25) is 0 Å². The van der Waals surface area contributed by atoms with Gasteiger partial charge in [0.05, 0.1) is 6.33 Å². The van der Waals surface area contributed by atoms with Gasteiger partial charge in [-0.25, -0.2) is 4.98 Å². The van der Waals surface area contributed by atoms with E-state index in [1.165, 1.54) is 0 Å². The Morgan fingerprint density at radius 2 is 2.04 bits per heavy atom. The lowest BCUT2D eigenvalue weighted by molar-refractivity contribution is -0.144. The minimum atomic E-state index is -0.468. The van der Waals surface area contributed by atoms with Crippen molar-refractivity contribution in [1.82, 2.24) is 19.8 Å². The molecule has 1 atom stereocenters. The molecule has 3 rings (SSSR count). The zero-order chi connectivity index (χ0) is 19.4. The maximum absolute atomic E-state index is 12.7. The number of likely N-dealkylation sites (tertiary alicyclic amines) is 1. The van der Waals surface area contributed by atoms with Crippen molar-refractivity contribution < 1.29 is 9.59 Å². The molecule has 0 radical (unpaired) electrons. The standard InChI is InChI=1S/C21H28N4O2/c1-21(2,3)20(27)25-10-5-8-18(25)19(26)23-13-16-6-4-7-17(12-16)14-24-11-9-22-15-24/h4,6-7,9,11-12,15,18H,5,8,10,13-14H2,1-3H3,(H,23,26). The number of rotatable bonds is 5. The van der Waals surface area contributed by atoms with Crippen LogP contribution in [0.15, 0.2) is 43.0 Å². The van der Waals surface area contributed by atoms with Crippen LogP contribution < -0.4 is 5.32 Å². The Hall–Kier alpha value is -2.63. The molecular formula is C21H28N4O2. The van der Waals surface area contributed by atoms with Crippen molar-refractivity contribution in [2.24, 2.45) is 5.41 Å². The molecule has 2 amide bonds. The molecule has 144 valence electrons.